The van der Waals surface area contributed by atoms with Crippen molar-refractivity contribution in [2.24, 2.45) is 0 Å². The van der Waals surface area contributed by atoms with Gasteiger partial charge in [-0.2, -0.15) is 0 Å². The van der Waals surface area contributed by atoms with Crippen LogP contribution in [0.3, 0.4) is 0 Å². The van der Waals surface area contributed by atoms with Crippen LogP contribution in [-0.2, 0) is 9.47 Å². The minimum Gasteiger partial charge on any atom is -0.449 e. The highest BCUT2D eigenvalue weighted by Gasteiger charge is 2.02. The molecule has 30 heavy (non-hydrogen) atoms. The minimum absolute atomic E-state index is 0.295. The number of carbonyl (C=O) groups is 2. The highest BCUT2D eigenvalue weighted by atomic mass is 16.6. The third kappa shape index (κ3) is 10.4. The number of carbonyl (C=O) groups excluding carboxylic acids is 2. The van der Waals surface area contributed by atoms with Crippen molar-refractivity contribution >= 4 is 23.6 Å². The van der Waals surface area contributed by atoms with Gasteiger partial charge in [0, 0.05) is 24.2 Å². The van der Waals surface area contributed by atoms with Crippen LogP contribution < -0.4 is 10.6 Å². The molecule has 2 aromatic carbocycles. The molecule has 0 aliphatic rings. The van der Waals surface area contributed by atoms with E-state index in [4.69, 9.17) is 9.47 Å². The van der Waals surface area contributed by atoms with E-state index in [9.17, 15) is 9.59 Å². The van der Waals surface area contributed by atoms with Gasteiger partial charge in [0.2, 0.25) is 0 Å². The van der Waals surface area contributed by atoms with Gasteiger partial charge < -0.3 is 9.47 Å². The molecule has 2 rings (SSSR count). The second kappa shape index (κ2) is 14.1. The van der Waals surface area contributed by atoms with Gasteiger partial charge in [0.05, 0.1) is 13.2 Å². The molecule has 0 unspecified atom stereocenters. The largest absolute Gasteiger partial charge is 0.449 e. The van der Waals surface area contributed by atoms with Gasteiger partial charge in [0.1, 0.15) is 0 Å². The Morgan fingerprint density at radius 1 is 0.667 bits per heavy atom. The highest BCUT2D eigenvalue weighted by Crippen LogP contribution is 2.06. The van der Waals surface area contributed by atoms with E-state index in [2.05, 4.69) is 34.3 Å². The quantitative estimate of drug-likeness (QED) is 0.477. The van der Waals surface area contributed by atoms with Gasteiger partial charge in [-0.15, -0.1) is 0 Å². The average Bonchev–Trinajstić information content (AvgIpc) is 2.76. The van der Waals surface area contributed by atoms with Crippen LogP contribution in [0.15, 0.2) is 60.7 Å². The first-order chi connectivity index (χ1) is 14.7. The first kappa shape index (κ1) is 22.4. The van der Waals surface area contributed by atoms with E-state index in [0.717, 1.165) is 0 Å². The number of para-hydroxylation sites is 2. The van der Waals surface area contributed by atoms with E-state index in [1.54, 1.807) is 24.3 Å². The maximum atomic E-state index is 11.6. The summed E-state index contributed by atoms with van der Waals surface area (Å²) in [6, 6.07) is 18.2. The lowest BCUT2D eigenvalue weighted by Crippen LogP contribution is -2.14. The maximum Gasteiger partial charge on any atom is 0.411 e. The van der Waals surface area contributed by atoms with Crippen LogP contribution in [0.5, 0.6) is 0 Å². The molecular formula is C24H24N2O4. The number of ether oxygens (including phenoxy) is 2. The van der Waals surface area contributed by atoms with Gasteiger partial charge in [-0.3, -0.25) is 10.6 Å². The maximum absolute atomic E-state index is 11.6. The molecule has 154 valence electrons. The van der Waals surface area contributed by atoms with Crippen molar-refractivity contribution in [1.29, 1.82) is 0 Å². The van der Waals surface area contributed by atoms with Gasteiger partial charge in [-0.25, -0.2) is 9.59 Å². The van der Waals surface area contributed by atoms with Crippen LogP contribution in [0.2, 0.25) is 0 Å². The smallest absolute Gasteiger partial charge is 0.411 e. The van der Waals surface area contributed by atoms with Crippen LogP contribution in [0.1, 0.15) is 25.7 Å². The van der Waals surface area contributed by atoms with Crippen LogP contribution in [-0.4, -0.2) is 25.4 Å². The molecule has 0 spiro atoms. The Labute approximate surface area is 177 Å². The first-order valence-electron chi connectivity index (χ1n) is 9.67. The molecule has 0 radical (unpaired) electrons. The van der Waals surface area contributed by atoms with Crippen LogP contribution in [0, 0.1) is 23.7 Å². The van der Waals surface area contributed by atoms with E-state index >= 15 is 0 Å². The molecule has 0 heterocycles. The number of rotatable bonds is 8. The summed E-state index contributed by atoms with van der Waals surface area (Å²) in [7, 11) is 0. The number of anilines is 2. The summed E-state index contributed by atoms with van der Waals surface area (Å²) in [5.41, 5.74) is 1.39. The van der Waals surface area contributed by atoms with Gasteiger partial charge in [0.15, 0.2) is 0 Å². The Hall–Kier alpha value is -3.90. The SMILES string of the molecule is O=C(Nc1ccccc1)OCCCC#CC#CCCCOC(=O)Nc1ccccc1. The lowest BCUT2D eigenvalue weighted by atomic mass is 10.3. The number of nitrogens with one attached hydrogen (secondary N) is 2. The summed E-state index contributed by atoms with van der Waals surface area (Å²) in [5.74, 6) is 11.3. The summed E-state index contributed by atoms with van der Waals surface area (Å²) < 4.78 is 10.1. The predicted octanol–water partition coefficient (Wildman–Crippen LogP) is 5.05. The van der Waals surface area contributed by atoms with Crippen molar-refractivity contribution in [2.75, 3.05) is 23.8 Å². The summed E-state index contributed by atoms with van der Waals surface area (Å²) in [4.78, 5) is 23.2. The van der Waals surface area contributed by atoms with Gasteiger partial charge in [0.25, 0.3) is 0 Å². The second-order valence-electron chi connectivity index (χ2n) is 6.06. The number of amides is 2. The zero-order valence-electron chi connectivity index (χ0n) is 16.6. The molecule has 2 amide bonds. The van der Waals surface area contributed by atoms with Crippen LogP contribution in [0.25, 0.3) is 0 Å². The number of unbranched alkanes of at least 4 members (excludes halogenated alkanes) is 2. The zero-order chi connectivity index (χ0) is 21.3. The fraction of sp³-hybridized carbons (Fsp3) is 0.250. The van der Waals surface area contributed by atoms with E-state index < -0.39 is 12.2 Å². The average molecular weight is 404 g/mol. The van der Waals surface area contributed by atoms with Crippen molar-refractivity contribution < 1.29 is 19.1 Å². The molecule has 2 N–H and O–H groups in total. The molecular weight excluding hydrogens is 380 g/mol. The normalized spacial score (nSPS) is 9.20. The molecule has 0 aromatic heterocycles. The van der Waals surface area contributed by atoms with Crippen molar-refractivity contribution in [3.8, 4) is 23.7 Å². The van der Waals surface area contributed by atoms with E-state index in [1.807, 2.05) is 36.4 Å². The monoisotopic (exact) mass is 404 g/mol. The van der Waals surface area contributed by atoms with Crippen molar-refractivity contribution in [3.05, 3.63) is 60.7 Å². The van der Waals surface area contributed by atoms with E-state index in [0.29, 0.717) is 50.3 Å². The molecule has 0 aliphatic heterocycles. The molecule has 6 nitrogen and oxygen atoms in total. The number of hydrogen-bond acceptors (Lipinski definition) is 4. The molecule has 6 heteroatoms. The summed E-state index contributed by atoms with van der Waals surface area (Å²) in [5, 5.41) is 5.28. The second-order valence-corrected chi connectivity index (χ2v) is 6.06. The van der Waals surface area contributed by atoms with E-state index in [1.165, 1.54) is 0 Å². The number of benzene rings is 2. The topological polar surface area (TPSA) is 76.7 Å². The Morgan fingerprint density at radius 3 is 1.47 bits per heavy atom. The molecule has 2 aromatic rings. The third-order valence-electron chi connectivity index (χ3n) is 3.64. The molecule has 0 fully saturated rings. The highest BCUT2D eigenvalue weighted by molar-refractivity contribution is 5.84. The third-order valence-corrected chi connectivity index (χ3v) is 3.64. The Kier molecular flexibility index (Phi) is 10.6. The van der Waals surface area contributed by atoms with Crippen LogP contribution in [0.4, 0.5) is 21.0 Å². The lowest BCUT2D eigenvalue weighted by molar-refractivity contribution is 0.160. The Morgan fingerprint density at radius 2 is 1.07 bits per heavy atom. The number of hydrogen-bond donors (Lipinski definition) is 2. The van der Waals surface area contributed by atoms with Gasteiger partial charge in [-0.05, 0) is 48.9 Å². The minimum atomic E-state index is -0.478. The van der Waals surface area contributed by atoms with Crippen molar-refractivity contribution in [2.45, 2.75) is 25.7 Å². The van der Waals surface area contributed by atoms with E-state index in [-0.39, 0.29) is 0 Å². The van der Waals surface area contributed by atoms with Crippen molar-refractivity contribution in [3.63, 3.8) is 0 Å². The predicted molar refractivity (Wildman–Crippen MR) is 117 cm³/mol. The summed E-state index contributed by atoms with van der Waals surface area (Å²) in [6.45, 7) is 0.590. The Balaban J connectivity index is 1.45. The molecule has 0 saturated carbocycles. The Bertz CT molecular complexity index is 829. The molecule has 0 atom stereocenters. The fourth-order valence-corrected chi connectivity index (χ4v) is 2.22. The lowest BCUT2D eigenvalue weighted by Gasteiger charge is -2.05. The fourth-order valence-electron chi connectivity index (χ4n) is 2.22. The molecule has 0 saturated heterocycles. The van der Waals surface area contributed by atoms with Gasteiger partial charge in [-0.1, -0.05) is 48.2 Å². The standard InChI is InChI=1S/C24H24N2O4/c27-23(25-21-15-9-7-10-16-21)29-19-13-5-3-1-2-4-6-14-20-30-24(28)26-22-17-11-8-12-18-22/h7-12,15-18H,5-6,13-14,19-20H2,(H,25,27)(H,26,28). The van der Waals surface area contributed by atoms with Crippen LogP contribution >= 0.6 is 0 Å². The molecule has 0 bridgehead atoms. The first-order valence-corrected chi connectivity index (χ1v) is 9.67. The molecule has 0 aliphatic carbocycles. The van der Waals surface area contributed by atoms with Gasteiger partial charge >= 0.3 is 12.2 Å². The summed E-state index contributed by atoms with van der Waals surface area (Å²) in [6.07, 6.45) is 1.51. The summed E-state index contributed by atoms with van der Waals surface area (Å²) >= 11 is 0. The van der Waals surface area contributed by atoms with Crippen molar-refractivity contribution in [1.82, 2.24) is 0 Å². The zero-order valence-corrected chi connectivity index (χ0v) is 16.6.